The lowest BCUT2D eigenvalue weighted by atomic mass is 10.1. The molecule has 1 aromatic heterocycles. The number of hydrogen-bond donors (Lipinski definition) is 2. The molecule has 172 valence electrons. The number of urea groups is 1. The number of nitro benzene ring substituents is 1. The molecule has 3 aromatic carbocycles. The van der Waals surface area contributed by atoms with Gasteiger partial charge < -0.3 is 10.6 Å². The maximum Gasteiger partial charge on any atom is 0.319 e. The van der Waals surface area contributed by atoms with E-state index in [0.717, 1.165) is 10.5 Å². The largest absolute Gasteiger partial charge is 0.336 e. The molecular weight excluding hydrogens is 454 g/mol. The van der Waals surface area contributed by atoms with E-state index in [9.17, 15) is 19.7 Å². The quantitative estimate of drug-likeness (QED) is 0.230. The molecule has 0 atom stereocenters. The Hall–Kier alpha value is -4.18. The van der Waals surface area contributed by atoms with Crippen molar-refractivity contribution in [3.8, 4) is 11.4 Å². The number of thioether (sulfide) groups is 1. The highest BCUT2D eigenvalue weighted by Crippen LogP contribution is 2.22. The molecule has 0 aliphatic rings. The van der Waals surface area contributed by atoms with Gasteiger partial charge in [0.2, 0.25) is 0 Å². The van der Waals surface area contributed by atoms with Crippen LogP contribution in [0.3, 0.4) is 0 Å². The second kappa shape index (κ2) is 10.2. The first-order chi connectivity index (χ1) is 16.5. The molecule has 2 N–H and O–H groups in total. The third kappa shape index (κ3) is 5.07. The second-order valence-corrected chi connectivity index (χ2v) is 8.21. The predicted molar refractivity (Wildman–Crippen MR) is 133 cm³/mol. The Morgan fingerprint density at radius 1 is 1.09 bits per heavy atom. The van der Waals surface area contributed by atoms with Gasteiger partial charge in [0.25, 0.3) is 11.2 Å². The zero-order valence-electron chi connectivity index (χ0n) is 18.2. The van der Waals surface area contributed by atoms with Crippen LogP contribution >= 0.6 is 11.8 Å². The van der Waals surface area contributed by atoms with Gasteiger partial charge in [-0.25, -0.2) is 9.78 Å². The zero-order chi connectivity index (χ0) is 24.1. The summed E-state index contributed by atoms with van der Waals surface area (Å²) in [4.78, 5) is 41.9. The van der Waals surface area contributed by atoms with E-state index in [1.165, 1.54) is 22.8 Å². The normalized spacial score (nSPS) is 10.7. The number of carbonyl (C=O) groups is 1. The molecule has 0 saturated heterocycles. The van der Waals surface area contributed by atoms with E-state index in [0.29, 0.717) is 17.0 Å². The molecule has 34 heavy (non-hydrogen) atoms. The fourth-order valence-corrected chi connectivity index (χ4v) is 3.88. The maximum absolute atomic E-state index is 13.3. The van der Waals surface area contributed by atoms with Gasteiger partial charge in [0.15, 0.2) is 0 Å². The van der Waals surface area contributed by atoms with Crippen LogP contribution in [0.15, 0.2) is 82.5 Å². The Bertz CT molecular complexity index is 1410. The average molecular weight is 476 g/mol. The highest BCUT2D eigenvalue weighted by atomic mass is 32.2. The van der Waals surface area contributed by atoms with Crippen molar-refractivity contribution in [2.24, 2.45) is 0 Å². The van der Waals surface area contributed by atoms with Gasteiger partial charge in [-0.2, -0.15) is 0 Å². The summed E-state index contributed by atoms with van der Waals surface area (Å²) in [6.45, 7) is 0.282. The molecule has 4 rings (SSSR count). The Balaban J connectivity index is 1.59. The highest BCUT2D eigenvalue weighted by molar-refractivity contribution is 7.98. The average Bonchev–Trinajstić information content (AvgIpc) is 2.86. The summed E-state index contributed by atoms with van der Waals surface area (Å²) in [6.07, 6.45) is 1.97. The predicted octanol–water partition coefficient (Wildman–Crippen LogP) is 4.52. The van der Waals surface area contributed by atoms with E-state index >= 15 is 0 Å². The van der Waals surface area contributed by atoms with Gasteiger partial charge >= 0.3 is 6.03 Å². The van der Waals surface area contributed by atoms with Gasteiger partial charge in [0.05, 0.1) is 15.8 Å². The van der Waals surface area contributed by atoms with Gasteiger partial charge in [0, 0.05) is 41.4 Å². The van der Waals surface area contributed by atoms with Gasteiger partial charge in [-0.15, -0.1) is 11.8 Å². The van der Waals surface area contributed by atoms with Crippen LogP contribution < -0.4 is 16.2 Å². The number of nitro groups is 1. The molecule has 1 heterocycles. The molecule has 0 saturated carbocycles. The van der Waals surface area contributed by atoms with Crippen LogP contribution in [0.2, 0.25) is 0 Å². The Morgan fingerprint density at radius 2 is 1.82 bits per heavy atom. The minimum Gasteiger partial charge on any atom is -0.336 e. The maximum atomic E-state index is 13.3. The molecule has 2 amide bonds. The first kappa shape index (κ1) is 23.0. The monoisotopic (exact) mass is 475 g/mol. The number of nitrogens with zero attached hydrogens (tertiary/aromatic N) is 3. The van der Waals surface area contributed by atoms with Crippen molar-refractivity contribution in [3.05, 3.63) is 93.3 Å². The van der Waals surface area contributed by atoms with E-state index in [4.69, 9.17) is 0 Å². The Labute approximate surface area is 199 Å². The zero-order valence-corrected chi connectivity index (χ0v) is 19.0. The summed E-state index contributed by atoms with van der Waals surface area (Å²) in [5, 5.41) is 16.8. The van der Waals surface area contributed by atoms with Crippen LogP contribution in [0.1, 0.15) is 0 Å². The Kier molecular flexibility index (Phi) is 6.88. The van der Waals surface area contributed by atoms with E-state index in [2.05, 4.69) is 15.6 Å². The van der Waals surface area contributed by atoms with E-state index in [1.54, 1.807) is 11.8 Å². The number of non-ortho nitro benzene ring substituents is 1. The summed E-state index contributed by atoms with van der Waals surface area (Å²) >= 11 is 1.61. The number of carbonyl (C=O) groups excluding carboxylic acids is 1. The third-order valence-electron chi connectivity index (χ3n) is 5.15. The number of fused-ring (bicyclic) bond motifs is 1. The lowest BCUT2D eigenvalue weighted by Crippen LogP contribution is -2.34. The van der Waals surface area contributed by atoms with Crippen molar-refractivity contribution in [2.75, 3.05) is 18.1 Å². The first-order valence-electron chi connectivity index (χ1n) is 10.4. The molecule has 0 aliphatic heterocycles. The molecule has 0 fully saturated rings. The number of hydrogen-bond acceptors (Lipinski definition) is 6. The minimum atomic E-state index is -0.550. The van der Waals surface area contributed by atoms with Crippen LogP contribution in [0.25, 0.3) is 22.3 Å². The fraction of sp³-hybridized carbons (Fsp3) is 0.125. The van der Waals surface area contributed by atoms with Crippen LogP contribution in [-0.2, 0) is 6.54 Å². The smallest absolute Gasteiger partial charge is 0.319 e. The number of aromatic nitrogens is 2. The lowest BCUT2D eigenvalue weighted by molar-refractivity contribution is -0.384. The number of nitrogens with one attached hydrogen (secondary N) is 2. The number of amides is 2. The van der Waals surface area contributed by atoms with E-state index < -0.39 is 16.5 Å². The summed E-state index contributed by atoms with van der Waals surface area (Å²) in [5.74, 6) is 0.418. The summed E-state index contributed by atoms with van der Waals surface area (Å²) in [5.41, 5.74) is 1.14. The van der Waals surface area contributed by atoms with Gasteiger partial charge in [0.1, 0.15) is 5.82 Å². The number of rotatable bonds is 7. The Morgan fingerprint density at radius 3 is 2.50 bits per heavy atom. The van der Waals surface area contributed by atoms with Crippen molar-refractivity contribution < 1.29 is 9.72 Å². The third-order valence-corrected chi connectivity index (χ3v) is 5.89. The first-order valence-corrected chi connectivity index (χ1v) is 11.6. The van der Waals surface area contributed by atoms with Crippen molar-refractivity contribution in [1.82, 2.24) is 14.9 Å². The molecule has 0 spiro atoms. The van der Waals surface area contributed by atoms with Crippen LogP contribution in [0.5, 0.6) is 0 Å². The minimum absolute atomic E-state index is 0.132. The van der Waals surface area contributed by atoms with Crippen LogP contribution in [0, 0.1) is 10.1 Å². The van der Waals surface area contributed by atoms with Gasteiger partial charge in [-0.05, 0) is 36.6 Å². The summed E-state index contributed by atoms with van der Waals surface area (Å²) in [6, 6.07) is 20.2. The van der Waals surface area contributed by atoms with Gasteiger partial charge in [-0.3, -0.25) is 19.5 Å². The lowest BCUT2D eigenvalue weighted by Gasteiger charge is -2.14. The van der Waals surface area contributed by atoms with Crippen molar-refractivity contribution in [3.63, 3.8) is 0 Å². The molecule has 0 radical (unpaired) electrons. The van der Waals surface area contributed by atoms with Crippen molar-refractivity contribution in [1.29, 1.82) is 0 Å². The molecule has 10 heteroatoms. The summed E-state index contributed by atoms with van der Waals surface area (Å²) in [7, 11) is 0. The SMILES string of the molecule is CSc1ccc(NC(=O)NCCn2c(-c3ccccc3)nc3ccc([N+](=O)[O-])cc3c2=O)cc1. The van der Waals surface area contributed by atoms with Crippen LogP contribution in [0.4, 0.5) is 16.2 Å². The molecular formula is C24H21N5O4S. The second-order valence-electron chi connectivity index (χ2n) is 7.33. The topological polar surface area (TPSA) is 119 Å². The standard InChI is InChI=1S/C24H21N5O4S/c1-34-19-10-7-17(8-11-19)26-24(31)25-13-14-28-22(16-5-3-2-4-6-16)27-21-12-9-18(29(32)33)15-20(21)23(28)30/h2-12,15H,13-14H2,1H3,(H2,25,26,31). The van der Waals surface area contributed by atoms with Crippen LogP contribution in [-0.4, -0.2) is 33.3 Å². The van der Waals surface area contributed by atoms with E-state index in [-0.39, 0.29) is 24.2 Å². The van der Waals surface area contributed by atoms with Crippen molar-refractivity contribution >= 4 is 40.1 Å². The van der Waals surface area contributed by atoms with E-state index in [1.807, 2.05) is 60.9 Å². The molecule has 0 unspecified atom stereocenters. The summed E-state index contributed by atoms with van der Waals surface area (Å²) < 4.78 is 1.43. The molecule has 4 aromatic rings. The fourth-order valence-electron chi connectivity index (χ4n) is 3.47. The number of benzene rings is 3. The van der Waals surface area contributed by atoms with Crippen molar-refractivity contribution in [2.45, 2.75) is 11.4 Å². The van der Waals surface area contributed by atoms with Gasteiger partial charge in [-0.1, -0.05) is 30.3 Å². The molecule has 0 aliphatic carbocycles. The number of anilines is 1. The molecule has 9 nitrogen and oxygen atoms in total. The molecule has 0 bridgehead atoms. The highest BCUT2D eigenvalue weighted by Gasteiger charge is 2.16.